The number of aryl methyl sites for hydroxylation is 1. The van der Waals surface area contributed by atoms with Gasteiger partial charge in [-0.2, -0.15) is 8.78 Å². The second-order valence-corrected chi connectivity index (χ2v) is 4.80. The number of urea groups is 1. The number of alkyl halides is 2. The first-order valence-corrected chi connectivity index (χ1v) is 7.25. The van der Waals surface area contributed by atoms with Gasteiger partial charge in [0.2, 0.25) is 0 Å². The van der Waals surface area contributed by atoms with Crippen LogP contribution in [-0.2, 0) is 13.0 Å². The zero-order valence-electron chi connectivity index (χ0n) is 12.7. The predicted molar refractivity (Wildman–Crippen MR) is 84.8 cm³/mol. The number of benzene rings is 2. The van der Waals surface area contributed by atoms with Crippen LogP contribution in [0.15, 0.2) is 48.5 Å². The van der Waals surface area contributed by atoms with E-state index in [2.05, 4.69) is 15.4 Å². The quantitative estimate of drug-likeness (QED) is 0.839. The fraction of sp³-hybridized carbons (Fsp3) is 0.235. The van der Waals surface area contributed by atoms with Gasteiger partial charge in [-0.1, -0.05) is 43.3 Å². The van der Waals surface area contributed by atoms with Crippen LogP contribution in [-0.4, -0.2) is 12.6 Å². The van der Waals surface area contributed by atoms with E-state index in [0.717, 1.165) is 17.7 Å². The summed E-state index contributed by atoms with van der Waals surface area (Å²) in [6.07, 6.45) is 0.793. The van der Waals surface area contributed by atoms with Gasteiger partial charge >= 0.3 is 12.6 Å². The standard InChI is InChI=1S/C17H18F2N2O2/c1-2-12-7-3-5-9-14(12)21-17(22)20-11-13-8-4-6-10-15(13)23-16(18)19/h3-10,16H,2,11H2,1H3,(H2,20,21,22). The van der Waals surface area contributed by atoms with Crippen molar-refractivity contribution < 1.29 is 18.3 Å². The average Bonchev–Trinajstić information content (AvgIpc) is 2.54. The Kier molecular flexibility index (Phi) is 5.91. The van der Waals surface area contributed by atoms with Crippen molar-refractivity contribution in [2.75, 3.05) is 5.32 Å². The molecule has 4 nitrogen and oxygen atoms in total. The molecule has 0 unspecified atom stereocenters. The first-order chi connectivity index (χ1) is 11.1. The van der Waals surface area contributed by atoms with Crippen molar-refractivity contribution in [2.45, 2.75) is 26.5 Å². The van der Waals surface area contributed by atoms with Crippen molar-refractivity contribution in [3.63, 3.8) is 0 Å². The SMILES string of the molecule is CCc1ccccc1NC(=O)NCc1ccccc1OC(F)F. The van der Waals surface area contributed by atoms with Gasteiger partial charge in [0.25, 0.3) is 0 Å². The molecule has 2 amide bonds. The molecular weight excluding hydrogens is 302 g/mol. The number of para-hydroxylation sites is 2. The van der Waals surface area contributed by atoms with E-state index >= 15 is 0 Å². The highest BCUT2D eigenvalue weighted by Gasteiger charge is 2.10. The van der Waals surface area contributed by atoms with Crippen LogP contribution in [0.3, 0.4) is 0 Å². The van der Waals surface area contributed by atoms with E-state index in [1.165, 1.54) is 6.07 Å². The van der Waals surface area contributed by atoms with Gasteiger partial charge in [-0.05, 0) is 24.1 Å². The number of carbonyl (C=O) groups is 1. The molecular formula is C17H18F2N2O2. The first-order valence-electron chi connectivity index (χ1n) is 7.25. The molecule has 0 bridgehead atoms. The van der Waals surface area contributed by atoms with Crippen molar-refractivity contribution in [1.29, 1.82) is 0 Å². The number of rotatable bonds is 6. The van der Waals surface area contributed by atoms with Crippen molar-refractivity contribution in [2.24, 2.45) is 0 Å². The normalized spacial score (nSPS) is 10.4. The van der Waals surface area contributed by atoms with Gasteiger partial charge in [0, 0.05) is 17.8 Å². The number of anilines is 1. The Bertz CT molecular complexity index is 663. The molecule has 0 saturated carbocycles. The van der Waals surface area contributed by atoms with Gasteiger partial charge in [-0.3, -0.25) is 0 Å². The molecule has 2 rings (SSSR count). The molecule has 0 heterocycles. The largest absolute Gasteiger partial charge is 0.434 e. The maximum Gasteiger partial charge on any atom is 0.387 e. The van der Waals surface area contributed by atoms with E-state index in [4.69, 9.17) is 0 Å². The molecule has 0 saturated heterocycles. The number of hydrogen-bond acceptors (Lipinski definition) is 2. The summed E-state index contributed by atoms with van der Waals surface area (Å²) in [6, 6.07) is 13.4. The number of halogens is 2. The first kappa shape index (κ1) is 16.7. The lowest BCUT2D eigenvalue weighted by molar-refractivity contribution is -0.0504. The molecule has 0 atom stereocenters. The summed E-state index contributed by atoms with van der Waals surface area (Å²) in [4.78, 5) is 12.0. The van der Waals surface area contributed by atoms with E-state index in [0.29, 0.717) is 5.56 Å². The van der Waals surface area contributed by atoms with Crippen LogP contribution < -0.4 is 15.4 Å². The minimum Gasteiger partial charge on any atom is -0.434 e. The Morgan fingerprint density at radius 2 is 1.74 bits per heavy atom. The van der Waals surface area contributed by atoms with E-state index in [1.54, 1.807) is 18.2 Å². The highest BCUT2D eigenvalue weighted by Crippen LogP contribution is 2.20. The van der Waals surface area contributed by atoms with Crippen LogP contribution in [0.5, 0.6) is 5.75 Å². The van der Waals surface area contributed by atoms with Gasteiger partial charge in [-0.25, -0.2) is 4.79 Å². The van der Waals surface area contributed by atoms with Gasteiger partial charge in [-0.15, -0.1) is 0 Å². The van der Waals surface area contributed by atoms with Crippen molar-refractivity contribution in [3.05, 3.63) is 59.7 Å². The average molecular weight is 320 g/mol. The molecule has 2 N–H and O–H groups in total. The molecule has 0 spiro atoms. The number of hydrogen-bond donors (Lipinski definition) is 2. The Morgan fingerprint density at radius 3 is 2.43 bits per heavy atom. The highest BCUT2D eigenvalue weighted by molar-refractivity contribution is 5.90. The van der Waals surface area contributed by atoms with Crippen molar-refractivity contribution in [3.8, 4) is 5.75 Å². The zero-order valence-corrected chi connectivity index (χ0v) is 12.7. The lowest BCUT2D eigenvalue weighted by Gasteiger charge is -2.13. The molecule has 0 aromatic heterocycles. The number of nitrogens with one attached hydrogen (secondary N) is 2. The van der Waals surface area contributed by atoms with Crippen LogP contribution in [0.2, 0.25) is 0 Å². The molecule has 0 aliphatic heterocycles. The van der Waals surface area contributed by atoms with Gasteiger partial charge in [0.1, 0.15) is 5.75 Å². The molecule has 2 aromatic rings. The summed E-state index contributed by atoms with van der Waals surface area (Å²) in [5.74, 6) is 0.0526. The fourth-order valence-corrected chi connectivity index (χ4v) is 2.15. The molecule has 23 heavy (non-hydrogen) atoms. The summed E-state index contributed by atoms with van der Waals surface area (Å²) in [7, 11) is 0. The zero-order chi connectivity index (χ0) is 16.7. The summed E-state index contributed by atoms with van der Waals surface area (Å²) < 4.78 is 29.1. The molecule has 122 valence electrons. The molecule has 0 radical (unpaired) electrons. The Labute approximate surface area is 133 Å². The monoisotopic (exact) mass is 320 g/mol. The molecule has 0 aliphatic rings. The van der Waals surface area contributed by atoms with E-state index in [1.807, 2.05) is 31.2 Å². The molecule has 0 fully saturated rings. The summed E-state index contributed by atoms with van der Waals surface area (Å²) in [5.41, 5.74) is 2.22. The summed E-state index contributed by atoms with van der Waals surface area (Å²) in [5, 5.41) is 5.39. The Morgan fingerprint density at radius 1 is 1.09 bits per heavy atom. The molecule has 2 aromatic carbocycles. The van der Waals surface area contributed by atoms with Crippen LogP contribution >= 0.6 is 0 Å². The third-order valence-electron chi connectivity index (χ3n) is 3.27. The van der Waals surface area contributed by atoms with Crippen LogP contribution in [0.25, 0.3) is 0 Å². The van der Waals surface area contributed by atoms with Crippen molar-refractivity contribution >= 4 is 11.7 Å². The lowest BCUT2D eigenvalue weighted by atomic mass is 10.1. The predicted octanol–water partition coefficient (Wildman–Crippen LogP) is 4.17. The number of ether oxygens (including phenoxy) is 1. The third-order valence-corrected chi connectivity index (χ3v) is 3.27. The topological polar surface area (TPSA) is 50.4 Å². The maximum atomic E-state index is 12.3. The minimum atomic E-state index is -2.90. The maximum absolute atomic E-state index is 12.3. The van der Waals surface area contributed by atoms with Gasteiger partial charge in [0.15, 0.2) is 0 Å². The van der Waals surface area contributed by atoms with Crippen LogP contribution in [0, 0.1) is 0 Å². The molecule has 0 aliphatic carbocycles. The summed E-state index contributed by atoms with van der Waals surface area (Å²) in [6.45, 7) is -0.819. The Hall–Kier alpha value is -2.63. The number of carbonyl (C=O) groups excluding carboxylic acids is 1. The Balaban J connectivity index is 1.97. The molecule has 6 heteroatoms. The van der Waals surface area contributed by atoms with E-state index < -0.39 is 12.6 Å². The van der Waals surface area contributed by atoms with Gasteiger partial charge < -0.3 is 15.4 Å². The fourth-order valence-electron chi connectivity index (χ4n) is 2.15. The van der Waals surface area contributed by atoms with Crippen LogP contribution in [0.4, 0.5) is 19.3 Å². The lowest BCUT2D eigenvalue weighted by Crippen LogP contribution is -2.28. The number of amides is 2. The minimum absolute atomic E-state index is 0.0526. The highest BCUT2D eigenvalue weighted by atomic mass is 19.3. The second-order valence-electron chi connectivity index (χ2n) is 4.80. The van der Waals surface area contributed by atoms with Crippen LogP contribution in [0.1, 0.15) is 18.1 Å². The smallest absolute Gasteiger partial charge is 0.387 e. The second kappa shape index (κ2) is 8.12. The van der Waals surface area contributed by atoms with Crippen molar-refractivity contribution in [1.82, 2.24) is 5.32 Å². The summed E-state index contributed by atoms with van der Waals surface area (Å²) >= 11 is 0. The van der Waals surface area contributed by atoms with Gasteiger partial charge in [0.05, 0.1) is 0 Å². The van der Waals surface area contributed by atoms with E-state index in [-0.39, 0.29) is 12.3 Å². The van der Waals surface area contributed by atoms with E-state index in [9.17, 15) is 13.6 Å². The third kappa shape index (κ3) is 4.95.